The van der Waals surface area contributed by atoms with Crippen LogP contribution < -0.4 is 5.32 Å². The fraction of sp³-hybridized carbons (Fsp3) is 0.222. The van der Waals surface area contributed by atoms with E-state index in [1.54, 1.807) is 44.2 Å². The van der Waals surface area contributed by atoms with Crippen LogP contribution in [0.25, 0.3) is 11.3 Å². The Hall–Kier alpha value is -2.63. The molecule has 0 fully saturated rings. The molecule has 1 N–H and O–H groups in total. The molecule has 0 unspecified atom stereocenters. The number of nitrogens with one attached hydrogen (secondary N) is 1. The SMILES string of the molecule is CC=C(C)C(=O)NCc1cccc(-c2cccc(C(F)(F)F)c2)n1. The van der Waals surface area contributed by atoms with Gasteiger partial charge < -0.3 is 5.32 Å². The van der Waals surface area contributed by atoms with Crippen LogP contribution in [0.4, 0.5) is 13.2 Å². The average Bonchev–Trinajstić information content (AvgIpc) is 2.58. The van der Waals surface area contributed by atoms with E-state index in [1.807, 2.05) is 0 Å². The molecule has 1 heterocycles. The Labute approximate surface area is 138 Å². The third kappa shape index (κ3) is 4.44. The minimum atomic E-state index is -4.40. The van der Waals surface area contributed by atoms with Crippen molar-refractivity contribution >= 4 is 5.91 Å². The second-order valence-corrected chi connectivity index (χ2v) is 5.25. The Kier molecular flexibility index (Phi) is 5.39. The standard InChI is InChI=1S/C18H17F3N2O/c1-3-12(2)17(24)22-11-15-8-5-9-16(23-15)13-6-4-7-14(10-13)18(19,20)21/h3-10H,11H2,1-2H3,(H,22,24). The number of rotatable bonds is 4. The Morgan fingerprint density at radius 3 is 2.58 bits per heavy atom. The van der Waals surface area contributed by atoms with Crippen LogP contribution in [0.5, 0.6) is 0 Å². The maximum Gasteiger partial charge on any atom is 0.416 e. The van der Waals surface area contributed by atoms with Gasteiger partial charge >= 0.3 is 6.18 Å². The molecule has 0 atom stereocenters. The highest BCUT2D eigenvalue weighted by Crippen LogP contribution is 2.31. The zero-order chi connectivity index (χ0) is 17.7. The lowest BCUT2D eigenvalue weighted by Gasteiger charge is -2.10. The van der Waals surface area contributed by atoms with Crippen molar-refractivity contribution in [3.05, 3.63) is 65.4 Å². The van der Waals surface area contributed by atoms with Crippen molar-refractivity contribution in [3.63, 3.8) is 0 Å². The highest BCUT2D eigenvalue weighted by molar-refractivity contribution is 5.92. The molecule has 126 valence electrons. The summed E-state index contributed by atoms with van der Waals surface area (Å²) in [6, 6.07) is 10.1. The zero-order valence-electron chi connectivity index (χ0n) is 13.3. The quantitative estimate of drug-likeness (QED) is 0.845. The van der Waals surface area contributed by atoms with Crippen molar-refractivity contribution in [2.24, 2.45) is 0 Å². The lowest BCUT2D eigenvalue weighted by atomic mass is 10.1. The fourth-order valence-corrected chi connectivity index (χ4v) is 2.04. The number of halogens is 3. The number of pyridine rings is 1. The Morgan fingerprint density at radius 1 is 1.21 bits per heavy atom. The van der Waals surface area contributed by atoms with Gasteiger partial charge in [0.2, 0.25) is 5.91 Å². The van der Waals surface area contributed by atoms with Crippen molar-refractivity contribution in [1.29, 1.82) is 0 Å². The molecule has 2 aromatic rings. The van der Waals surface area contributed by atoms with Gasteiger partial charge in [0.25, 0.3) is 0 Å². The van der Waals surface area contributed by atoms with E-state index in [1.165, 1.54) is 6.07 Å². The van der Waals surface area contributed by atoms with Gasteiger partial charge in [0.05, 0.1) is 23.5 Å². The number of carbonyl (C=O) groups is 1. The number of allylic oxidation sites excluding steroid dienone is 1. The largest absolute Gasteiger partial charge is 0.416 e. The number of hydrogen-bond acceptors (Lipinski definition) is 2. The number of amides is 1. The van der Waals surface area contributed by atoms with Gasteiger partial charge in [0.1, 0.15) is 0 Å². The van der Waals surface area contributed by atoms with Crippen molar-refractivity contribution < 1.29 is 18.0 Å². The molecule has 1 amide bonds. The summed E-state index contributed by atoms with van der Waals surface area (Å²) in [5.74, 6) is -0.205. The van der Waals surface area contributed by atoms with Gasteiger partial charge in [0, 0.05) is 11.1 Å². The van der Waals surface area contributed by atoms with Crippen molar-refractivity contribution in [2.75, 3.05) is 0 Å². The first-order chi connectivity index (χ1) is 11.3. The van der Waals surface area contributed by atoms with E-state index in [9.17, 15) is 18.0 Å². The molecular formula is C18H17F3N2O. The molecule has 1 aromatic carbocycles. The van der Waals surface area contributed by atoms with Crippen molar-refractivity contribution in [1.82, 2.24) is 10.3 Å². The Balaban J connectivity index is 2.20. The van der Waals surface area contributed by atoms with Crippen LogP contribution >= 0.6 is 0 Å². The molecule has 2 rings (SSSR count). The summed E-state index contributed by atoms with van der Waals surface area (Å²) < 4.78 is 38.4. The lowest BCUT2D eigenvalue weighted by Crippen LogP contribution is -2.23. The Morgan fingerprint density at radius 2 is 1.92 bits per heavy atom. The summed E-state index contributed by atoms with van der Waals surface area (Å²) in [5, 5.41) is 2.71. The van der Waals surface area contributed by atoms with Crippen LogP contribution in [0.2, 0.25) is 0 Å². The maximum atomic E-state index is 12.8. The molecule has 0 spiro atoms. The second-order valence-electron chi connectivity index (χ2n) is 5.25. The summed E-state index contributed by atoms with van der Waals surface area (Å²) in [5.41, 5.74) is 1.24. The van der Waals surface area contributed by atoms with E-state index in [4.69, 9.17) is 0 Å². The van der Waals surface area contributed by atoms with Crippen LogP contribution in [0, 0.1) is 0 Å². The van der Waals surface area contributed by atoms with Gasteiger partial charge in [-0.05, 0) is 38.1 Å². The number of nitrogens with zero attached hydrogens (tertiary/aromatic N) is 1. The number of alkyl halides is 3. The average molecular weight is 334 g/mol. The van der Waals surface area contributed by atoms with Crippen LogP contribution in [0.3, 0.4) is 0 Å². The molecule has 0 bridgehead atoms. The van der Waals surface area contributed by atoms with Gasteiger partial charge in [0.15, 0.2) is 0 Å². The smallest absolute Gasteiger partial charge is 0.347 e. The predicted octanol–water partition coefficient (Wildman–Crippen LogP) is 4.35. The Bertz CT molecular complexity index is 767. The van der Waals surface area contributed by atoms with Crippen molar-refractivity contribution in [2.45, 2.75) is 26.6 Å². The van der Waals surface area contributed by atoms with Gasteiger partial charge in [-0.1, -0.05) is 24.3 Å². The molecule has 1 aromatic heterocycles. The zero-order valence-corrected chi connectivity index (χ0v) is 13.3. The number of carbonyl (C=O) groups excluding carboxylic acids is 1. The molecule has 24 heavy (non-hydrogen) atoms. The van der Waals surface area contributed by atoms with E-state index < -0.39 is 11.7 Å². The fourth-order valence-electron chi connectivity index (χ4n) is 2.04. The molecule has 0 aliphatic heterocycles. The van der Waals surface area contributed by atoms with Crippen molar-refractivity contribution in [3.8, 4) is 11.3 Å². The van der Waals surface area contributed by atoms with E-state index in [0.29, 0.717) is 22.5 Å². The number of aromatic nitrogens is 1. The van der Waals surface area contributed by atoms with Gasteiger partial charge in [-0.25, -0.2) is 0 Å². The van der Waals surface area contributed by atoms with Crippen LogP contribution in [0.1, 0.15) is 25.1 Å². The summed E-state index contributed by atoms with van der Waals surface area (Å²) in [6.45, 7) is 3.67. The van der Waals surface area contributed by atoms with Gasteiger partial charge in [-0.2, -0.15) is 13.2 Å². The maximum absolute atomic E-state index is 12.8. The molecule has 0 aliphatic carbocycles. The second kappa shape index (κ2) is 7.29. The van der Waals surface area contributed by atoms with Crippen LogP contribution in [-0.4, -0.2) is 10.9 Å². The first kappa shape index (κ1) is 17.7. The molecule has 0 aliphatic rings. The molecule has 0 saturated carbocycles. The summed E-state index contributed by atoms with van der Waals surface area (Å²) >= 11 is 0. The van der Waals surface area contributed by atoms with Gasteiger partial charge in [-0.15, -0.1) is 0 Å². The molecule has 6 heteroatoms. The molecule has 0 saturated heterocycles. The molecular weight excluding hydrogens is 317 g/mol. The van der Waals surface area contributed by atoms with Crippen LogP contribution in [0.15, 0.2) is 54.1 Å². The summed E-state index contributed by atoms with van der Waals surface area (Å²) in [6.07, 6.45) is -2.70. The topological polar surface area (TPSA) is 42.0 Å². The van der Waals surface area contributed by atoms with E-state index in [0.717, 1.165) is 12.1 Å². The highest BCUT2D eigenvalue weighted by atomic mass is 19.4. The number of hydrogen-bond donors (Lipinski definition) is 1. The minimum Gasteiger partial charge on any atom is -0.347 e. The van der Waals surface area contributed by atoms with E-state index in [-0.39, 0.29) is 12.5 Å². The lowest BCUT2D eigenvalue weighted by molar-refractivity contribution is -0.137. The van der Waals surface area contributed by atoms with E-state index in [2.05, 4.69) is 10.3 Å². The highest BCUT2D eigenvalue weighted by Gasteiger charge is 2.30. The monoisotopic (exact) mass is 334 g/mol. The molecule has 3 nitrogen and oxygen atoms in total. The van der Waals surface area contributed by atoms with Gasteiger partial charge in [-0.3, -0.25) is 9.78 Å². The summed E-state index contributed by atoms with van der Waals surface area (Å²) in [4.78, 5) is 16.0. The predicted molar refractivity (Wildman–Crippen MR) is 86.0 cm³/mol. The normalized spacial score (nSPS) is 12.1. The first-order valence-electron chi connectivity index (χ1n) is 7.36. The van der Waals surface area contributed by atoms with Crippen LogP contribution in [-0.2, 0) is 17.5 Å². The first-order valence-corrected chi connectivity index (χ1v) is 7.36. The van der Waals surface area contributed by atoms with E-state index >= 15 is 0 Å². The third-order valence-electron chi connectivity index (χ3n) is 3.51. The summed E-state index contributed by atoms with van der Waals surface area (Å²) in [7, 11) is 0. The minimum absolute atomic E-state index is 0.205. The third-order valence-corrected chi connectivity index (χ3v) is 3.51. The number of benzene rings is 1. The molecule has 0 radical (unpaired) electrons.